The van der Waals surface area contributed by atoms with E-state index in [4.69, 9.17) is 0 Å². The van der Waals surface area contributed by atoms with E-state index in [1.54, 1.807) is 0 Å². The Morgan fingerprint density at radius 2 is 1.86 bits per heavy atom. The lowest BCUT2D eigenvalue weighted by Gasteiger charge is -2.34. The van der Waals surface area contributed by atoms with Crippen molar-refractivity contribution >= 4 is 0 Å². The summed E-state index contributed by atoms with van der Waals surface area (Å²) in [4.78, 5) is 5.45. The van der Waals surface area contributed by atoms with E-state index in [0.29, 0.717) is 0 Å². The topological polar surface area (TPSA) is 18.5 Å². The molecule has 0 radical (unpaired) electrons. The van der Waals surface area contributed by atoms with Gasteiger partial charge in [-0.2, -0.15) is 0 Å². The first-order valence-electron chi connectivity index (χ1n) is 8.59. The van der Waals surface area contributed by atoms with E-state index in [9.17, 15) is 0 Å². The summed E-state index contributed by atoms with van der Waals surface area (Å²) in [5.74, 6) is 1.86. The van der Waals surface area contributed by atoms with E-state index < -0.39 is 0 Å². The van der Waals surface area contributed by atoms with Gasteiger partial charge in [-0.1, -0.05) is 30.3 Å². The number of nitrogens with one attached hydrogen (secondary N) is 1. The molecule has 0 spiro atoms. The summed E-state index contributed by atoms with van der Waals surface area (Å²) < 4.78 is 0. The summed E-state index contributed by atoms with van der Waals surface area (Å²) in [5, 5.41) is 3.52. The lowest BCUT2D eigenvalue weighted by molar-refractivity contribution is 0.142. The standard InChI is InChI=1S/C18H27N3/c1-2-4-15(5-3-1)11-20-9-7-16-13-21(14-17(16)12-20)18-6-8-19-10-18/h1-5,16-19H,6-14H2. The third-order valence-corrected chi connectivity index (χ3v) is 5.71. The van der Waals surface area contributed by atoms with E-state index in [0.717, 1.165) is 24.4 Å². The van der Waals surface area contributed by atoms with Gasteiger partial charge in [-0.05, 0) is 43.3 Å². The molecule has 21 heavy (non-hydrogen) atoms. The van der Waals surface area contributed by atoms with Gasteiger partial charge in [0.2, 0.25) is 0 Å². The monoisotopic (exact) mass is 285 g/mol. The third kappa shape index (κ3) is 3.01. The number of piperidine rings is 1. The zero-order chi connectivity index (χ0) is 14.1. The SMILES string of the molecule is c1ccc(CN2CCC3CN(C4CCNC4)CC3C2)cc1. The van der Waals surface area contributed by atoms with E-state index >= 15 is 0 Å². The largest absolute Gasteiger partial charge is 0.315 e. The lowest BCUT2D eigenvalue weighted by Crippen LogP contribution is -2.39. The van der Waals surface area contributed by atoms with Gasteiger partial charge < -0.3 is 5.32 Å². The van der Waals surface area contributed by atoms with Gasteiger partial charge in [0.15, 0.2) is 0 Å². The van der Waals surface area contributed by atoms with Crippen LogP contribution < -0.4 is 5.32 Å². The lowest BCUT2D eigenvalue weighted by atomic mass is 9.88. The van der Waals surface area contributed by atoms with Crippen LogP contribution in [0.25, 0.3) is 0 Å². The molecule has 0 aliphatic carbocycles. The molecule has 0 bridgehead atoms. The van der Waals surface area contributed by atoms with Crippen LogP contribution in [-0.2, 0) is 6.54 Å². The predicted molar refractivity (Wildman–Crippen MR) is 86.2 cm³/mol. The molecule has 3 fully saturated rings. The fraction of sp³-hybridized carbons (Fsp3) is 0.667. The van der Waals surface area contributed by atoms with Crippen molar-refractivity contribution in [2.45, 2.75) is 25.4 Å². The number of fused-ring (bicyclic) bond motifs is 1. The smallest absolute Gasteiger partial charge is 0.0233 e. The molecule has 0 aromatic heterocycles. The summed E-state index contributed by atoms with van der Waals surface area (Å²) >= 11 is 0. The molecule has 4 rings (SSSR count). The van der Waals surface area contributed by atoms with Crippen LogP contribution in [0, 0.1) is 11.8 Å². The average Bonchev–Trinajstić information content (AvgIpc) is 3.17. The molecule has 1 aromatic rings. The van der Waals surface area contributed by atoms with Gasteiger partial charge in [-0.3, -0.25) is 9.80 Å². The summed E-state index contributed by atoms with van der Waals surface area (Å²) in [5.41, 5.74) is 1.46. The zero-order valence-corrected chi connectivity index (χ0v) is 12.9. The maximum Gasteiger partial charge on any atom is 0.0233 e. The van der Waals surface area contributed by atoms with Crippen LogP contribution in [-0.4, -0.2) is 55.1 Å². The summed E-state index contributed by atoms with van der Waals surface area (Å²) in [6.45, 7) is 8.85. The summed E-state index contributed by atoms with van der Waals surface area (Å²) in [6.07, 6.45) is 2.75. The van der Waals surface area contributed by atoms with Crippen LogP contribution in [0.4, 0.5) is 0 Å². The quantitative estimate of drug-likeness (QED) is 0.913. The minimum Gasteiger partial charge on any atom is -0.315 e. The van der Waals surface area contributed by atoms with E-state index in [2.05, 4.69) is 45.4 Å². The van der Waals surface area contributed by atoms with Crippen molar-refractivity contribution in [2.75, 3.05) is 39.3 Å². The van der Waals surface area contributed by atoms with Gasteiger partial charge in [0.25, 0.3) is 0 Å². The van der Waals surface area contributed by atoms with Crippen LogP contribution in [0.5, 0.6) is 0 Å². The molecule has 3 aliphatic heterocycles. The zero-order valence-electron chi connectivity index (χ0n) is 12.9. The molecule has 1 N–H and O–H groups in total. The van der Waals surface area contributed by atoms with Gasteiger partial charge in [0.1, 0.15) is 0 Å². The Morgan fingerprint density at radius 1 is 1.00 bits per heavy atom. The second-order valence-corrected chi connectivity index (χ2v) is 7.13. The number of nitrogens with zero attached hydrogens (tertiary/aromatic N) is 2. The molecule has 3 heterocycles. The molecular weight excluding hydrogens is 258 g/mol. The van der Waals surface area contributed by atoms with Gasteiger partial charge in [-0.15, -0.1) is 0 Å². The van der Waals surface area contributed by atoms with E-state index in [1.807, 2.05) is 0 Å². The van der Waals surface area contributed by atoms with Crippen LogP contribution in [0.1, 0.15) is 18.4 Å². The Hall–Kier alpha value is -0.900. The van der Waals surface area contributed by atoms with Crippen molar-refractivity contribution in [1.82, 2.24) is 15.1 Å². The van der Waals surface area contributed by atoms with Crippen molar-refractivity contribution in [3.05, 3.63) is 35.9 Å². The molecule has 3 unspecified atom stereocenters. The average molecular weight is 285 g/mol. The van der Waals surface area contributed by atoms with Crippen molar-refractivity contribution in [2.24, 2.45) is 11.8 Å². The fourth-order valence-corrected chi connectivity index (χ4v) is 4.51. The minimum absolute atomic E-state index is 0.818. The van der Waals surface area contributed by atoms with Gasteiger partial charge in [0, 0.05) is 38.8 Å². The summed E-state index contributed by atoms with van der Waals surface area (Å²) in [7, 11) is 0. The Labute approximate surface area is 128 Å². The maximum absolute atomic E-state index is 3.52. The van der Waals surface area contributed by atoms with E-state index in [1.165, 1.54) is 57.7 Å². The molecule has 3 saturated heterocycles. The Bertz CT molecular complexity index is 455. The first kappa shape index (κ1) is 13.7. The third-order valence-electron chi connectivity index (χ3n) is 5.71. The maximum atomic E-state index is 3.52. The van der Waals surface area contributed by atoms with Crippen LogP contribution in [0.15, 0.2) is 30.3 Å². The predicted octanol–water partition coefficient (Wildman–Crippen LogP) is 1.80. The summed E-state index contributed by atoms with van der Waals surface area (Å²) in [6, 6.07) is 11.8. The van der Waals surface area contributed by atoms with Crippen LogP contribution in [0.3, 0.4) is 0 Å². The number of hydrogen-bond donors (Lipinski definition) is 1. The highest BCUT2D eigenvalue weighted by atomic mass is 15.2. The number of rotatable bonds is 3. The first-order valence-corrected chi connectivity index (χ1v) is 8.59. The van der Waals surface area contributed by atoms with Crippen molar-refractivity contribution in [1.29, 1.82) is 0 Å². The number of benzene rings is 1. The molecule has 3 atom stereocenters. The highest BCUT2D eigenvalue weighted by molar-refractivity contribution is 5.14. The Kier molecular flexibility index (Phi) is 3.97. The molecule has 114 valence electrons. The number of hydrogen-bond acceptors (Lipinski definition) is 3. The fourth-order valence-electron chi connectivity index (χ4n) is 4.51. The molecule has 0 amide bonds. The highest BCUT2D eigenvalue weighted by Gasteiger charge is 2.39. The van der Waals surface area contributed by atoms with Crippen molar-refractivity contribution in [3.63, 3.8) is 0 Å². The van der Waals surface area contributed by atoms with Crippen molar-refractivity contribution < 1.29 is 0 Å². The van der Waals surface area contributed by atoms with Gasteiger partial charge >= 0.3 is 0 Å². The Morgan fingerprint density at radius 3 is 2.67 bits per heavy atom. The highest BCUT2D eigenvalue weighted by Crippen LogP contribution is 2.33. The van der Waals surface area contributed by atoms with Crippen LogP contribution in [0.2, 0.25) is 0 Å². The minimum atomic E-state index is 0.818. The van der Waals surface area contributed by atoms with Gasteiger partial charge in [-0.25, -0.2) is 0 Å². The molecular formula is C18H27N3. The van der Waals surface area contributed by atoms with E-state index in [-0.39, 0.29) is 0 Å². The van der Waals surface area contributed by atoms with Crippen molar-refractivity contribution in [3.8, 4) is 0 Å². The molecule has 1 aromatic carbocycles. The first-order chi connectivity index (χ1) is 10.4. The molecule has 3 aliphatic rings. The normalized spacial score (nSPS) is 34.2. The molecule has 0 saturated carbocycles. The second kappa shape index (κ2) is 6.07. The van der Waals surface area contributed by atoms with Crippen LogP contribution >= 0.6 is 0 Å². The molecule has 3 heteroatoms. The number of likely N-dealkylation sites (tertiary alicyclic amines) is 2. The second-order valence-electron chi connectivity index (χ2n) is 7.13. The molecule has 3 nitrogen and oxygen atoms in total. The Balaban J connectivity index is 1.34. The van der Waals surface area contributed by atoms with Gasteiger partial charge in [0.05, 0.1) is 0 Å².